The first kappa shape index (κ1) is 14.5. The second-order valence-corrected chi connectivity index (χ2v) is 6.76. The van der Waals surface area contributed by atoms with Gasteiger partial charge in [0, 0.05) is 11.5 Å². The number of hydrogen-bond donors (Lipinski definition) is 1. The van der Waals surface area contributed by atoms with Crippen molar-refractivity contribution in [2.75, 3.05) is 13.6 Å². The number of sulfonamides is 1. The van der Waals surface area contributed by atoms with Gasteiger partial charge in [-0.15, -0.1) is 0 Å². The molecule has 0 aliphatic heterocycles. The summed E-state index contributed by atoms with van der Waals surface area (Å²) in [5.74, 6) is -0.825. The minimum absolute atomic E-state index is 0.0218. The lowest BCUT2D eigenvalue weighted by atomic mass is 10.3. The van der Waals surface area contributed by atoms with Crippen molar-refractivity contribution in [3.8, 4) is 0 Å². The molecule has 0 amide bonds. The summed E-state index contributed by atoms with van der Waals surface area (Å²) in [5, 5.41) is 0. The zero-order valence-electron chi connectivity index (χ0n) is 8.85. The Morgan fingerprint density at radius 2 is 2.18 bits per heavy atom. The van der Waals surface area contributed by atoms with E-state index < -0.39 is 20.7 Å². The molecule has 0 atom stereocenters. The van der Waals surface area contributed by atoms with Crippen molar-refractivity contribution < 1.29 is 12.8 Å². The molecule has 94 valence electrons. The van der Waals surface area contributed by atoms with Gasteiger partial charge >= 0.3 is 0 Å². The van der Waals surface area contributed by atoms with E-state index >= 15 is 0 Å². The topological polar surface area (TPSA) is 63.4 Å². The van der Waals surface area contributed by atoms with Gasteiger partial charge in [0.15, 0.2) is 0 Å². The zero-order chi connectivity index (χ0) is 13.2. The highest BCUT2D eigenvalue weighted by Gasteiger charge is 2.24. The maximum Gasteiger partial charge on any atom is 0.246 e. The Bertz CT molecular complexity index is 548. The van der Waals surface area contributed by atoms with Gasteiger partial charge in [0.1, 0.15) is 10.7 Å². The van der Waals surface area contributed by atoms with Gasteiger partial charge in [0.05, 0.1) is 11.5 Å². The third kappa shape index (κ3) is 3.44. The van der Waals surface area contributed by atoms with Crippen LogP contribution in [0.2, 0.25) is 0 Å². The van der Waals surface area contributed by atoms with Crippen molar-refractivity contribution >= 4 is 43.2 Å². The molecule has 1 rings (SSSR count). The van der Waals surface area contributed by atoms with Gasteiger partial charge in [-0.25, -0.2) is 12.8 Å². The van der Waals surface area contributed by atoms with Crippen molar-refractivity contribution in [1.82, 2.24) is 4.31 Å². The predicted molar refractivity (Wildman–Crippen MR) is 70.7 cm³/mol. The van der Waals surface area contributed by atoms with Crippen LogP contribution in [-0.2, 0) is 10.0 Å². The average Bonchev–Trinajstić information content (AvgIpc) is 2.15. The molecule has 1 aromatic carbocycles. The van der Waals surface area contributed by atoms with E-state index in [-0.39, 0.29) is 11.5 Å². The normalized spacial score (nSPS) is 11.8. The van der Waals surface area contributed by atoms with Crippen LogP contribution in [0.3, 0.4) is 0 Å². The van der Waals surface area contributed by atoms with Gasteiger partial charge in [-0.2, -0.15) is 4.31 Å². The number of thiocarbonyl (C=S) groups is 1. The Morgan fingerprint density at radius 3 is 2.65 bits per heavy atom. The molecule has 0 fully saturated rings. The van der Waals surface area contributed by atoms with Gasteiger partial charge in [0.2, 0.25) is 10.0 Å². The molecule has 0 unspecified atom stereocenters. The van der Waals surface area contributed by atoms with Crippen molar-refractivity contribution in [3.05, 3.63) is 28.5 Å². The monoisotopic (exact) mass is 340 g/mol. The molecule has 8 heteroatoms. The van der Waals surface area contributed by atoms with Crippen molar-refractivity contribution in [3.63, 3.8) is 0 Å². The fraction of sp³-hybridized carbons (Fsp3) is 0.222. The molecule has 0 aliphatic rings. The summed E-state index contributed by atoms with van der Waals surface area (Å²) in [4.78, 5) is -0.381. The standard InChI is InChI=1S/C9H10BrFN2O2S2/c1-13(5-9(12)16)17(14,15)8-3-2-6(10)4-7(8)11/h2-4H,5H2,1H3,(H2,12,16). The first-order valence-corrected chi connectivity index (χ1v) is 7.09. The number of rotatable bonds is 4. The van der Waals surface area contributed by atoms with Crippen LogP contribution in [0.1, 0.15) is 0 Å². The molecule has 0 saturated carbocycles. The largest absolute Gasteiger partial charge is 0.392 e. The van der Waals surface area contributed by atoms with Crippen molar-refractivity contribution in [2.45, 2.75) is 4.90 Å². The Hall–Kier alpha value is -0.570. The maximum atomic E-state index is 13.5. The third-order valence-corrected chi connectivity index (χ3v) is 4.42. The van der Waals surface area contributed by atoms with E-state index in [4.69, 9.17) is 5.73 Å². The van der Waals surface area contributed by atoms with Crippen LogP contribution in [0.4, 0.5) is 4.39 Å². The number of likely N-dealkylation sites (N-methyl/N-ethyl adjacent to an activating group) is 1. The van der Waals surface area contributed by atoms with Crippen LogP contribution in [-0.4, -0.2) is 31.3 Å². The first-order chi connectivity index (χ1) is 7.75. The van der Waals surface area contributed by atoms with E-state index in [9.17, 15) is 12.8 Å². The molecule has 0 aliphatic carbocycles. The lowest BCUT2D eigenvalue weighted by Crippen LogP contribution is -2.34. The van der Waals surface area contributed by atoms with E-state index in [1.165, 1.54) is 19.2 Å². The second kappa shape index (κ2) is 5.38. The average molecular weight is 341 g/mol. The van der Waals surface area contributed by atoms with Gasteiger partial charge in [-0.05, 0) is 18.2 Å². The molecule has 0 radical (unpaired) electrons. The van der Waals surface area contributed by atoms with Crippen LogP contribution in [0, 0.1) is 5.82 Å². The Morgan fingerprint density at radius 1 is 1.59 bits per heavy atom. The van der Waals surface area contributed by atoms with Crippen LogP contribution >= 0.6 is 28.1 Å². The van der Waals surface area contributed by atoms with Gasteiger partial charge < -0.3 is 5.73 Å². The summed E-state index contributed by atoms with van der Waals surface area (Å²) in [6.45, 7) is -0.132. The second-order valence-electron chi connectivity index (χ2n) is 3.30. The number of hydrogen-bond acceptors (Lipinski definition) is 3. The lowest BCUT2D eigenvalue weighted by Gasteiger charge is -2.16. The van der Waals surface area contributed by atoms with E-state index in [0.717, 1.165) is 10.4 Å². The Balaban J connectivity index is 3.17. The third-order valence-electron chi connectivity index (χ3n) is 1.96. The molecule has 1 aromatic rings. The number of nitrogens with zero attached hydrogens (tertiary/aromatic N) is 1. The number of benzene rings is 1. The van der Waals surface area contributed by atoms with E-state index in [1.807, 2.05) is 0 Å². The molecular weight excluding hydrogens is 331 g/mol. The SMILES string of the molecule is CN(CC(N)=S)S(=O)(=O)c1ccc(Br)cc1F. The fourth-order valence-corrected chi connectivity index (χ4v) is 2.96. The molecule has 17 heavy (non-hydrogen) atoms. The summed E-state index contributed by atoms with van der Waals surface area (Å²) in [6.07, 6.45) is 0. The van der Waals surface area contributed by atoms with Crippen LogP contribution in [0.15, 0.2) is 27.6 Å². The predicted octanol–water partition coefficient (Wildman–Crippen LogP) is 1.49. The summed E-state index contributed by atoms with van der Waals surface area (Å²) in [5.41, 5.74) is 5.25. The first-order valence-electron chi connectivity index (χ1n) is 4.45. The van der Waals surface area contributed by atoms with Crippen LogP contribution in [0.5, 0.6) is 0 Å². The van der Waals surface area contributed by atoms with Gasteiger partial charge in [-0.3, -0.25) is 0 Å². The highest BCUT2D eigenvalue weighted by molar-refractivity contribution is 9.10. The molecule has 0 heterocycles. The minimum Gasteiger partial charge on any atom is -0.392 e. The number of nitrogens with two attached hydrogens (primary N) is 1. The van der Waals surface area contributed by atoms with E-state index in [1.54, 1.807) is 0 Å². The highest BCUT2D eigenvalue weighted by atomic mass is 79.9. The number of halogens is 2. The summed E-state index contributed by atoms with van der Waals surface area (Å²) in [7, 11) is -2.62. The minimum atomic E-state index is -3.91. The fourth-order valence-electron chi connectivity index (χ4n) is 1.16. The zero-order valence-corrected chi connectivity index (χ0v) is 12.1. The van der Waals surface area contributed by atoms with Crippen LogP contribution < -0.4 is 5.73 Å². The Labute approximate surface area is 113 Å². The van der Waals surface area contributed by atoms with E-state index in [0.29, 0.717) is 4.47 Å². The molecule has 0 aromatic heterocycles. The Kier molecular flexibility index (Phi) is 4.59. The summed E-state index contributed by atoms with van der Waals surface area (Å²) < 4.78 is 38.8. The summed E-state index contributed by atoms with van der Waals surface area (Å²) in [6, 6.07) is 3.72. The molecular formula is C9H10BrFN2O2S2. The van der Waals surface area contributed by atoms with E-state index in [2.05, 4.69) is 28.1 Å². The maximum absolute atomic E-state index is 13.5. The molecule has 0 saturated heterocycles. The van der Waals surface area contributed by atoms with Gasteiger partial charge in [-0.1, -0.05) is 28.1 Å². The summed E-state index contributed by atoms with van der Waals surface area (Å²) >= 11 is 7.67. The lowest BCUT2D eigenvalue weighted by molar-refractivity contribution is 0.495. The smallest absolute Gasteiger partial charge is 0.246 e. The van der Waals surface area contributed by atoms with Crippen molar-refractivity contribution in [2.24, 2.45) is 5.73 Å². The quantitative estimate of drug-likeness (QED) is 0.843. The van der Waals surface area contributed by atoms with Gasteiger partial charge in [0.25, 0.3) is 0 Å². The van der Waals surface area contributed by atoms with Crippen LogP contribution in [0.25, 0.3) is 0 Å². The highest BCUT2D eigenvalue weighted by Crippen LogP contribution is 2.21. The van der Waals surface area contributed by atoms with Crippen molar-refractivity contribution in [1.29, 1.82) is 0 Å². The molecule has 0 spiro atoms. The molecule has 4 nitrogen and oxygen atoms in total. The molecule has 0 bridgehead atoms. The molecule has 2 N–H and O–H groups in total.